The van der Waals surface area contributed by atoms with Crippen LogP contribution in [0.1, 0.15) is 58.4 Å². The standard InChI is InChI=1S/C24H33N3O4/c1-15-8-6-11-20(17(15)3)26-23(29)18(4)31-21(28)12-7-13-27-14-25-22-16(2)9-5-10-19(22)24(27)30/h5,9-10,14-15,17-18,20H,6-8,11-13H2,1-4H3,(H,26,29)/t15-,17+,18+,20+/m0/s1. The average Bonchev–Trinajstić information content (AvgIpc) is 2.73. The van der Waals surface area contributed by atoms with E-state index in [9.17, 15) is 14.4 Å². The number of carbonyl (C=O) groups excluding carboxylic acids is 2. The molecule has 1 aromatic heterocycles. The Kier molecular flexibility index (Phi) is 7.46. The number of ether oxygens (including phenoxy) is 1. The van der Waals surface area contributed by atoms with E-state index in [1.807, 2.05) is 19.1 Å². The highest BCUT2D eigenvalue weighted by molar-refractivity contribution is 5.83. The minimum atomic E-state index is -0.829. The molecule has 1 aromatic carbocycles. The summed E-state index contributed by atoms with van der Waals surface area (Å²) in [5.41, 5.74) is 1.53. The summed E-state index contributed by atoms with van der Waals surface area (Å²) < 4.78 is 6.83. The molecule has 0 unspecified atom stereocenters. The lowest BCUT2D eigenvalue weighted by Gasteiger charge is -2.35. The Morgan fingerprint density at radius 2 is 2.06 bits per heavy atom. The van der Waals surface area contributed by atoms with Crippen LogP contribution in [0.2, 0.25) is 0 Å². The molecule has 0 saturated heterocycles. The molecular formula is C24H33N3O4. The molecule has 2 aromatic rings. The highest BCUT2D eigenvalue weighted by Gasteiger charge is 2.30. The maximum absolute atomic E-state index is 12.6. The summed E-state index contributed by atoms with van der Waals surface area (Å²) in [5, 5.41) is 3.62. The number of carbonyl (C=O) groups is 2. The van der Waals surface area contributed by atoms with Crippen LogP contribution in [0.3, 0.4) is 0 Å². The summed E-state index contributed by atoms with van der Waals surface area (Å²) in [5.74, 6) is 0.307. The van der Waals surface area contributed by atoms with Crippen molar-refractivity contribution < 1.29 is 14.3 Å². The molecule has 1 aliphatic carbocycles. The first-order valence-electron chi connectivity index (χ1n) is 11.2. The van der Waals surface area contributed by atoms with E-state index in [0.717, 1.165) is 18.4 Å². The molecule has 168 valence electrons. The highest BCUT2D eigenvalue weighted by Crippen LogP contribution is 2.29. The van der Waals surface area contributed by atoms with Gasteiger partial charge in [-0.25, -0.2) is 4.98 Å². The first-order valence-corrected chi connectivity index (χ1v) is 11.2. The van der Waals surface area contributed by atoms with Crippen LogP contribution in [0, 0.1) is 18.8 Å². The number of fused-ring (bicyclic) bond motifs is 1. The molecule has 0 aliphatic heterocycles. The number of para-hydroxylation sites is 1. The number of benzene rings is 1. The van der Waals surface area contributed by atoms with E-state index < -0.39 is 12.1 Å². The first kappa shape index (κ1) is 23.0. The van der Waals surface area contributed by atoms with Gasteiger partial charge >= 0.3 is 5.97 Å². The molecule has 1 fully saturated rings. The van der Waals surface area contributed by atoms with Crippen molar-refractivity contribution in [1.82, 2.24) is 14.9 Å². The van der Waals surface area contributed by atoms with Gasteiger partial charge in [-0.05, 0) is 50.2 Å². The van der Waals surface area contributed by atoms with Crippen molar-refractivity contribution in [3.63, 3.8) is 0 Å². The second-order valence-electron chi connectivity index (χ2n) is 8.83. The van der Waals surface area contributed by atoms with Gasteiger partial charge in [-0.2, -0.15) is 0 Å². The van der Waals surface area contributed by atoms with Crippen LogP contribution >= 0.6 is 0 Å². The molecule has 7 nitrogen and oxygen atoms in total. The zero-order chi connectivity index (χ0) is 22.5. The van der Waals surface area contributed by atoms with Crippen LogP contribution in [0.25, 0.3) is 10.9 Å². The Bertz CT molecular complexity index is 1000. The molecular weight excluding hydrogens is 394 g/mol. The minimum Gasteiger partial charge on any atom is -0.453 e. The fraction of sp³-hybridized carbons (Fsp3) is 0.583. The lowest BCUT2D eigenvalue weighted by molar-refractivity contribution is -0.155. The van der Waals surface area contributed by atoms with Crippen LogP contribution < -0.4 is 10.9 Å². The monoisotopic (exact) mass is 427 g/mol. The summed E-state index contributed by atoms with van der Waals surface area (Å²) in [7, 11) is 0. The molecule has 0 spiro atoms. The maximum Gasteiger partial charge on any atom is 0.306 e. The third kappa shape index (κ3) is 5.51. The average molecular weight is 428 g/mol. The van der Waals surface area contributed by atoms with Crippen molar-refractivity contribution >= 4 is 22.8 Å². The molecule has 1 N–H and O–H groups in total. The van der Waals surface area contributed by atoms with Crippen LogP contribution in [0.4, 0.5) is 0 Å². The van der Waals surface area contributed by atoms with Gasteiger partial charge in [0.15, 0.2) is 6.10 Å². The molecule has 1 aliphatic rings. The second kappa shape index (κ2) is 10.1. The summed E-state index contributed by atoms with van der Waals surface area (Å²) in [6.07, 6.45) is 4.51. The molecule has 0 bridgehead atoms. The zero-order valence-electron chi connectivity index (χ0n) is 18.9. The smallest absolute Gasteiger partial charge is 0.306 e. The number of hydrogen-bond acceptors (Lipinski definition) is 5. The lowest BCUT2D eigenvalue weighted by atomic mass is 9.78. The maximum atomic E-state index is 12.6. The largest absolute Gasteiger partial charge is 0.453 e. The Hall–Kier alpha value is -2.70. The Balaban J connectivity index is 1.48. The van der Waals surface area contributed by atoms with Gasteiger partial charge in [0.2, 0.25) is 0 Å². The summed E-state index contributed by atoms with van der Waals surface area (Å²) in [4.78, 5) is 41.6. The predicted octanol–water partition coefficient (Wildman–Crippen LogP) is 3.36. The Labute approximate surface area is 183 Å². The number of hydrogen-bond donors (Lipinski definition) is 1. The van der Waals surface area contributed by atoms with Gasteiger partial charge in [-0.3, -0.25) is 19.0 Å². The van der Waals surface area contributed by atoms with Gasteiger partial charge in [0.25, 0.3) is 11.5 Å². The van der Waals surface area contributed by atoms with Crippen LogP contribution in [-0.2, 0) is 20.9 Å². The molecule has 1 amide bonds. The fourth-order valence-electron chi connectivity index (χ4n) is 4.29. The third-order valence-electron chi connectivity index (χ3n) is 6.55. The predicted molar refractivity (Wildman–Crippen MR) is 120 cm³/mol. The van der Waals surface area contributed by atoms with Gasteiger partial charge in [0, 0.05) is 19.0 Å². The minimum absolute atomic E-state index is 0.120. The summed E-state index contributed by atoms with van der Waals surface area (Å²) in [6.45, 7) is 8.26. The number of rotatable bonds is 7. The van der Waals surface area contributed by atoms with Crippen molar-refractivity contribution in [2.75, 3.05) is 0 Å². The van der Waals surface area contributed by atoms with Gasteiger partial charge in [0.05, 0.1) is 17.2 Å². The van der Waals surface area contributed by atoms with E-state index in [2.05, 4.69) is 24.1 Å². The number of nitrogens with one attached hydrogen (secondary N) is 1. The topological polar surface area (TPSA) is 90.3 Å². The number of esters is 1. The van der Waals surface area contributed by atoms with Crippen molar-refractivity contribution in [3.8, 4) is 0 Å². The quantitative estimate of drug-likeness (QED) is 0.685. The highest BCUT2D eigenvalue weighted by atomic mass is 16.5. The SMILES string of the molecule is Cc1cccc2c(=O)n(CCCC(=O)O[C@H](C)C(=O)N[C@@H]3CCC[C@H](C)[C@H]3C)cnc12. The molecule has 0 radical (unpaired) electrons. The van der Waals surface area contributed by atoms with Crippen LogP contribution in [0.15, 0.2) is 29.3 Å². The van der Waals surface area contributed by atoms with E-state index in [0.29, 0.717) is 35.7 Å². The first-order chi connectivity index (χ1) is 14.8. The number of amides is 1. The van der Waals surface area contributed by atoms with Gasteiger partial charge < -0.3 is 10.1 Å². The number of aromatic nitrogens is 2. The van der Waals surface area contributed by atoms with Crippen molar-refractivity contribution in [1.29, 1.82) is 0 Å². The van der Waals surface area contributed by atoms with E-state index in [1.165, 1.54) is 17.3 Å². The molecule has 3 rings (SSSR count). The van der Waals surface area contributed by atoms with Crippen LogP contribution in [0.5, 0.6) is 0 Å². The fourth-order valence-corrected chi connectivity index (χ4v) is 4.29. The van der Waals surface area contributed by atoms with Gasteiger partial charge in [-0.15, -0.1) is 0 Å². The van der Waals surface area contributed by atoms with Gasteiger partial charge in [0.1, 0.15) is 0 Å². The number of nitrogens with zero attached hydrogens (tertiary/aromatic N) is 2. The van der Waals surface area contributed by atoms with Gasteiger partial charge in [-0.1, -0.05) is 38.8 Å². The molecule has 1 saturated carbocycles. The normalized spacial score (nSPS) is 22.1. The van der Waals surface area contributed by atoms with E-state index in [1.54, 1.807) is 13.0 Å². The van der Waals surface area contributed by atoms with E-state index in [4.69, 9.17) is 4.74 Å². The Morgan fingerprint density at radius 1 is 1.29 bits per heavy atom. The number of aryl methyl sites for hydroxylation is 2. The van der Waals surface area contributed by atoms with Crippen molar-refractivity contribution in [2.24, 2.45) is 11.8 Å². The third-order valence-corrected chi connectivity index (χ3v) is 6.55. The molecule has 7 heteroatoms. The zero-order valence-corrected chi connectivity index (χ0v) is 18.9. The summed E-state index contributed by atoms with van der Waals surface area (Å²) in [6, 6.07) is 5.65. The summed E-state index contributed by atoms with van der Waals surface area (Å²) >= 11 is 0. The Morgan fingerprint density at radius 3 is 2.84 bits per heavy atom. The van der Waals surface area contributed by atoms with Crippen molar-refractivity contribution in [3.05, 3.63) is 40.4 Å². The molecule has 1 heterocycles. The van der Waals surface area contributed by atoms with Crippen molar-refractivity contribution in [2.45, 2.75) is 78.5 Å². The second-order valence-corrected chi connectivity index (χ2v) is 8.83. The molecule has 31 heavy (non-hydrogen) atoms. The lowest BCUT2D eigenvalue weighted by Crippen LogP contribution is -2.47. The van der Waals surface area contributed by atoms with E-state index in [-0.39, 0.29) is 23.9 Å². The molecule has 4 atom stereocenters. The van der Waals surface area contributed by atoms with E-state index >= 15 is 0 Å². The van der Waals surface area contributed by atoms with Crippen LogP contribution in [-0.4, -0.2) is 33.6 Å².